The minimum atomic E-state index is -0.415. The largest absolute Gasteiger partial charge is 0.456 e. The zero-order chi connectivity index (χ0) is 16.5. The van der Waals surface area contributed by atoms with Crippen molar-refractivity contribution in [2.45, 2.75) is 11.3 Å². The molecule has 4 nitrogen and oxygen atoms in total. The molecule has 0 fully saturated rings. The topological polar surface area (TPSA) is 55.4 Å². The lowest BCUT2D eigenvalue weighted by atomic mass is 10.3. The van der Waals surface area contributed by atoms with Crippen LogP contribution in [-0.2, 0) is 14.3 Å². The van der Waals surface area contributed by atoms with Crippen LogP contribution in [0.25, 0.3) is 0 Å². The molecular weight excluding hydrogens is 334 g/mol. The van der Waals surface area contributed by atoms with Gasteiger partial charge in [0.1, 0.15) is 0 Å². The highest BCUT2D eigenvalue weighted by Gasteiger charge is 2.09. The van der Waals surface area contributed by atoms with Crippen LogP contribution < -0.4 is 5.32 Å². The average Bonchev–Trinajstić information content (AvgIpc) is 2.56. The Morgan fingerprint density at radius 1 is 1.04 bits per heavy atom. The quantitative estimate of drug-likeness (QED) is 0.606. The number of carbonyl (C=O) groups excluding carboxylic acids is 2. The van der Waals surface area contributed by atoms with Gasteiger partial charge in [0, 0.05) is 10.6 Å². The summed E-state index contributed by atoms with van der Waals surface area (Å²) in [5.74, 6) is -0.209. The lowest BCUT2D eigenvalue weighted by Gasteiger charge is -2.07. The number of amides is 1. The number of hydrogen-bond donors (Lipinski definition) is 1. The minimum absolute atomic E-state index is 0.249. The van der Waals surface area contributed by atoms with E-state index in [1.165, 1.54) is 0 Å². The van der Waals surface area contributed by atoms with E-state index in [1.807, 2.05) is 30.3 Å². The summed E-state index contributed by atoms with van der Waals surface area (Å²) in [6, 6.07) is 16.7. The van der Waals surface area contributed by atoms with Gasteiger partial charge in [0.25, 0.3) is 5.91 Å². The van der Waals surface area contributed by atoms with Crippen LogP contribution >= 0.6 is 23.4 Å². The van der Waals surface area contributed by atoms with Crippen LogP contribution in [0.5, 0.6) is 0 Å². The molecule has 0 atom stereocenters. The Bertz CT molecular complexity index is 664. The molecule has 0 saturated carbocycles. The first-order valence-corrected chi connectivity index (χ1v) is 8.39. The van der Waals surface area contributed by atoms with Crippen LogP contribution in [-0.4, -0.2) is 24.2 Å². The average molecular weight is 350 g/mol. The summed E-state index contributed by atoms with van der Waals surface area (Å²) in [4.78, 5) is 24.4. The summed E-state index contributed by atoms with van der Waals surface area (Å²) >= 11 is 7.50. The predicted octanol–water partition coefficient (Wildman–Crippen LogP) is 4.00. The number of carbonyl (C=O) groups is 2. The molecule has 0 aromatic heterocycles. The third kappa shape index (κ3) is 6.34. The summed E-state index contributed by atoms with van der Waals surface area (Å²) in [6.07, 6.45) is 0.249. The monoisotopic (exact) mass is 349 g/mol. The van der Waals surface area contributed by atoms with Gasteiger partial charge in [-0.05, 0) is 24.3 Å². The smallest absolute Gasteiger partial charge is 0.307 e. The molecule has 120 valence electrons. The molecule has 6 heteroatoms. The highest BCUT2D eigenvalue weighted by atomic mass is 35.5. The van der Waals surface area contributed by atoms with Gasteiger partial charge < -0.3 is 10.1 Å². The lowest BCUT2D eigenvalue weighted by molar-refractivity contribution is -0.146. The van der Waals surface area contributed by atoms with E-state index in [9.17, 15) is 9.59 Å². The summed E-state index contributed by atoms with van der Waals surface area (Å²) in [5.41, 5.74) is 0.495. The first kappa shape index (κ1) is 17.4. The highest BCUT2D eigenvalue weighted by molar-refractivity contribution is 7.99. The van der Waals surface area contributed by atoms with Crippen molar-refractivity contribution in [3.63, 3.8) is 0 Å². The Morgan fingerprint density at radius 3 is 2.48 bits per heavy atom. The van der Waals surface area contributed by atoms with E-state index in [2.05, 4.69) is 5.32 Å². The van der Waals surface area contributed by atoms with Crippen molar-refractivity contribution in [2.75, 3.05) is 17.7 Å². The van der Waals surface area contributed by atoms with E-state index >= 15 is 0 Å². The number of benzene rings is 2. The molecule has 0 saturated heterocycles. The van der Waals surface area contributed by atoms with Gasteiger partial charge in [-0.3, -0.25) is 9.59 Å². The number of thioether (sulfide) groups is 1. The molecule has 0 bridgehead atoms. The fourth-order valence-electron chi connectivity index (χ4n) is 1.74. The zero-order valence-electron chi connectivity index (χ0n) is 12.3. The van der Waals surface area contributed by atoms with E-state index < -0.39 is 11.9 Å². The van der Waals surface area contributed by atoms with E-state index in [0.29, 0.717) is 16.5 Å². The van der Waals surface area contributed by atoms with E-state index in [4.69, 9.17) is 16.3 Å². The SMILES string of the molecule is O=C(COC(=O)CCSc1ccccc1)Nc1ccccc1Cl. The summed E-state index contributed by atoms with van der Waals surface area (Å²) in [7, 11) is 0. The fourth-order valence-corrected chi connectivity index (χ4v) is 2.77. The Balaban J connectivity index is 1.66. The Hall–Kier alpha value is -1.98. The van der Waals surface area contributed by atoms with Gasteiger partial charge in [-0.2, -0.15) is 0 Å². The van der Waals surface area contributed by atoms with Crippen molar-refractivity contribution < 1.29 is 14.3 Å². The number of para-hydroxylation sites is 1. The Morgan fingerprint density at radius 2 is 1.74 bits per heavy atom. The molecule has 1 amide bonds. The van der Waals surface area contributed by atoms with Crippen LogP contribution in [0.4, 0.5) is 5.69 Å². The Kier molecular flexibility index (Phi) is 6.97. The second-order valence-corrected chi connectivity index (χ2v) is 6.18. The van der Waals surface area contributed by atoms with E-state index in [-0.39, 0.29) is 13.0 Å². The maximum Gasteiger partial charge on any atom is 0.307 e. The molecule has 0 spiro atoms. The van der Waals surface area contributed by atoms with Gasteiger partial charge in [0.2, 0.25) is 0 Å². The predicted molar refractivity (Wildman–Crippen MR) is 92.8 cm³/mol. The standard InChI is InChI=1S/C17H16ClNO3S/c18-14-8-4-5-9-15(14)19-16(20)12-22-17(21)10-11-23-13-6-2-1-3-7-13/h1-9H,10-12H2,(H,19,20). The maximum absolute atomic E-state index is 11.7. The number of esters is 1. The van der Waals surface area contributed by atoms with Gasteiger partial charge in [0.15, 0.2) is 6.61 Å². The molecule has 0 aliphatic carbocycles. The van der Waals surface area contributed by atoms with Gasteiger partial charge in [0.05, 0.1) is 17.1 Å². The van der Waals surface area contributed by atoms with E-state index in [0.717, 1.165) is 4.90 Å². The molecule has 2 rings (SSSR count). The molecule has 0 radical (unpaired) electrons. The van der Waals surface area contributed by atoms with Crippen molar-refractivity contribution in [1.29, 1.82) is 0 Å². The Labute approximate surface area is 144 Å². The molecule has 1 N–H and O–H groups in total. The van der Waals surface area contributed by atoms with Crippen molar-refractivity contribution in [2.24, 2.45) is 0 Å². The highest BCUT2D eigenvalue weighted by Crippen LogP contribution is 2.20. The second kappa shape index (κ2) is 9.22. The summed E-state index contributed by atoms with van der Waals surface area (Å²) < 4.78 is 4.95. The molecule has 2 aromatic rings. The van der Waals surface area contributed by atoms with Crippen LogP contribution in [0.2, 0.25) is 5.02 Å². The van der Waals surface area contributed by atoms with Crippen molar-refractivity contribution >= 4 is 40.9 Å². The summed E-state index contributed by atoms with van der Waals surface area (Å²) in [5, 5.41) is 3.03. The lowest BCUT2D eigenvalue weighted by Crippen LogP contribution is -2.21. The molecule has 23 heavy (non-hydrogen) atoms. The molecule has 0 heterocycles. The maximum atomic E-state index is 11.7. The van der Waals surface area contributed by atoms with Crippen LogP contribution in [0.1, 0.15) is 6.42 Å². The number of halogens is 1. The van der Waals surface area contributed by atoms with Gasteiger partial charge in [-0.25, -0.2) is 0 Å². The van der Waals surface area contributed by atoms with Crippen molar-refractivity contribution in [3.8, 4) is 0 Å². The first-order chi connectivity index (χ1) is 11.1. The molecule has 0 aliphatic rings. The van der Waals surface area contributed by atoms with Gasteiger partial charge in [-0.1, -0.05) is 41.9 Å². The molecule has 2 aromatic carbocycles. The third-order valence-corrected chi connectivity index (χ3v) is 4.17. The van der Waals surface area contributed by atoms with E-state index in [1.54, 1.807) is 36.0 Å². The fraction of sp³-hybridized carbons (Fsp3) is 0.176. The number of hydrogen-bond acceptors (Lipinski definition) is 4. The van der Waals surface area contributed by atoms with Crippen LogP contribution in [0.15, 0.2) is 59.5 Å². The van der Waals surface area contributed by atoms with Crippen LogP contribution in [0.3, 0.4) is 0 Å². The second-order valence-electron chi connectivity index (χ2n) is 4.60. The summed E-state index contributed by atoms with van der Waals surface area (Å²) in [6.45, 7) is -0.319. The number of anilines is 1. The minimum Gasteiger partial charge on any atom is -0.456 e. The first-order valence-electron chi connectivity index (χ1n) is 7.03. The number of nitrogens with one attached hydrogen (secondary N) is 1. The molecular formula is C17H16ClNO3S. The van der Waals surface area contributed by atoms with Crippen molar-refractivity contribution in [3.05, 3.63) is 59.6 Å². The molecule has 0 aliphatic heterocycles. The zero-order valence-corrected chi connectivity index (χ0v) is 13.9. The number of rotatable bonds is 7. The normalized spacial score (nSPS) is 10.1. The van der Waals surface area contributed by atoms with Crippen LogP contribution in [0, 0.1) is 0 Å². The van der Waals surface area contributed by atoms with Gasteiger partial charge >= 0.3 is 5.97 Å². The van der Waals surface area contributed by atoms with Crippen molar-refractivity contribution in [1.82, 2.24) is 0 Å². The van der Waals surface area contributed by atoms with Gasteiger partial charge in [-0.15, -0.1) is 11.8 Å². The third-order valence-electron chi connectivity index (χ3n) is 2.83. The number of ether oxygens (including phenoxy) is 1. The molecule has 0 unspecified atom stereocenters.